The molecule has 26 heavy (non-hydrogen) atoms. The topological polar surface area (TPSA) is 54.3 Å². The molecular formula is C20H27N5O. The molecule has 1 aliphatic carbocycles. The quantitative estimate of drug-likeness (QED) is 0.842. The van der Waals surface area contributed by atoms with E-state index in [2.05, 4.69) is 39.8 Å². The first-order chi connectivity index (χ1) is 12.5. The van der Waals surface area contributed by atoms with Crippen molar-refractivity contribution in [3.05, 3.63) is 47.0 Å². The summed E-state index contributed by atoms with van der Waals surface area (Å²) in [6, 6.07) is 4.04. The molecule has 0 bridgehead atoms. The number of nitrogens with zero attached hydrogens (tertiary/aromatic N) is 5. The zero-order chi connectivity index (χ0) is 18.3. The van der Waals surface area contributed by atoms with Crippen LogP contribution in [0.1, 0.15) is 34.9 Å². The predicted octanol–water partition coefficient (Wildman–Crippen LogP) is 1.88. The van der Waals surface area contributed by atoms with Crippen molar-refractivity contribution in [3.8, 4) is 0 Å². The van der Waals surface area contributed by atoms with E-state index in [0.29, 0.717) is 11.8 Å². The summed E-state index contributed by atoms with van der Waals surface area (Å²) in [6.07, 6.45) is 4.65. The van der Waals surface area contributed by atoms with Gasteiger partial charge in [0.15, 0.2) is 0 Å². The van der Waals surface area contributed by atoms with Gasteiger partial charge in [-0.2, -0.15) is 5.10 Å². The number of piperazine rings is 1. The zero-order valence-electron chi connectivity index (χ0n) is 15.9. The lowest BCUT2D eigenvalue weighted by atomic mass is 10.1. The molecule has 1 amide bonds. The summed E-state index contributed by atoms with van der Waals surface area (Å²) in [5.41, 5.74) is 4.87. The maximum atomic E-state index is 12.8. The average Bonchev–Trinajstić information content (AvgIpc) is 3.42. The molecule has 2 atom stereocenters. The van der Waals surface area contributed by atoms with Gasteiger partial charge in [0, 0.05) is 69.3 Å². The molecular weight excluding hydrogens is 326 g/mol. The van der Waals surface area contributed by atoms with Crippen molar-refractivity contribution in [2.24, 2.45) is 13.0 Å². The largest absolute Gasteiger partial charge is 0.340 e. The fraction of sp³-hybridized carbons (Fsp3) is 0.550. The Morgan fingerprint density at radius 1 is 1.23 bits per heavy atom. The van der Waals surface area contributed by atoms with Crippen LogP contribution in [0.2, 0.25) is 0 Å². The van der Waals surface area contributed by atoms with E-state index in [4.69, 9.17) is 0 Å². The zero-order valence-corrected chi connectivity index (χ0v) is 15.9. The standard InChI is InChI=1S/C20H27N5O/c1-14-19(15(2)23(3)22-14)13-24-7-9-25(10-8-24)20(26)18-11-17(18)16-5-4-6-21-12-16/h4-6,12,17-18H,7-11,13H2,1-3H3/t17-,18+/m0/s1. The number of carbonyl (C=O) groups is 1. The number of pyridine rings is 1. The third-order valence-electron chi connectivity index (χ3n) is 5.94. The SMILES string of the molecule is Cc1nn(C)c(C)c1CN1CCN(C(=O)[C@@H]2C[C@H]2c2cccnc2)CC1. The Morgan fingerprint density at radius 3 is 2.62 bits per heavy atom. The minimum absolute atomic E-state index is 0.161. The highest BCUT2D eigenvalue weighted by atomic mass is 16.2. The Balaban J connectivity index is 1.31. The van der Waals surface area contributed by atoms with E-state index >= 15 is 0 Å². The van der Waals surface area contributed by atoms with Gasteiger partial charge >= 0.3 is 0 Å². The molecule has 0 aromatic carbocycles. The Hall–Kier alpha value is -2.21. The maximum Gasteiger partial charge on any atom is 0.226 e. The lowest BCUT2D eigenvalue weighted by Crippen LogP contribution is -2.49. The van der Waals surface area contributed by atoms with E-state index in [9.17, 15) is 4.79 Å². The minimum atomic E-state index is 0.161. The normalized spacial score (nSPS) is 23.3. The molecule has 3 heterocycles. The Morgan fingerprint density at radius 2 is 2.00 bits per heavy atom. The summed E-state index contributed by atoms with van der Waals surface area (Å²) in [5.74, 6) is 0.857. The summed E-state index contributed by atoms with van der Waals surface area (Å²) in [7, 11) is 2.00. The van der Waals surface area contributed by atoms with Gasteiger partial charge in [-0.1, -0.05) is 6.07 Å². The molecule has 4 rings (SSSR count). The summed E-state index contributed by atoms with van der Waals surface area (Å²) < 4.78 is 1.95. The molecule has 1 saturated heterocycles. The highest BCUT2D eigenvalue weighted by Gasteiger charge is 2.46. The Labute approximate surface area is 154 Å². The molecule has 0 radical (unpaired) electrons. The second-order valence-corrected chi connectivity index (χ2v) is 7.61. The predicted molar refractivity (Wildman–Crippen MR) is 99.6 cm³/mol. The van der Waals surface area contributed by atoms with E-state index in [-0.39, 0.29) is 5.92 Å². The molecule has 0 unspecified atom stereocenters. The van der Waals surface area contributed by atoms with Crippen LogP contribution in [0.25, 0.3) is 0 Å². The number of aromatic nitrogens is 3. The van der Waals surface area contributed by atoms with Gasteiger partial charge in [0.05, 0.1) is 5.69 Å². The van der Waals surface area contributed by atoms with Crippen molar-refractivity contribution >= 4 is 5.91 Å². The van der Waals surface area contributed by atoms with Gasteiger partial charge < -0.3 is 4.90 Å². The molecule has 2 aliphatic rings. The number of carbonyl (C=O) groups excluding carboxylic acids is 1. The molecule has 2 aromatic heterocycles. The Kier molecular flexibility index (Phi) is 4.53. The minimum Gasteiger partial charge on any atom is -0.340 e. The van der Waals surface area contributed by atoms with Crippen LogP contribution in [-0.4, -0.2) is 56.7 Å². The van der Waals surface area contributed by atoms with Crippen molar-refractivity contribution in [1.29, 1.82) is 0 Å². The van der Waals surface area contributed by atoms with Gasteiger partial charge in [-0.05, 0) is 37.8 Å². The summed E-state index contributed by atoms with van der Waals surface area (Å²) >= 11 is 0. The van der Waals surface area contributed by atoms with Crippen LogP contribution in [0.3, 0.4) is 0 Å². The fourth-order valence-electron chi connectivity index (χ4n) is 4.06. The van der Waals surface area contributed by atoms with E-state index < -0.39 is 0 Å². The molecule has 1 aliphatic heterocycles. The van der Waals surface area contributed by atoms with Gasteiger partial charge in [-0.25, -0.2) is 0 Å². The maximum absolute atomic E-state index is 12.8. The first-order valence-corrected chi connectivity index (χ1v) is 9.44. The van der Waals surface area contributed by atoms with Gasteiger partial charge in [0.2, 0.25) is 5.91 Å². The molecule has 0 spiro atoms. The van der Waals surface area contributed by atoms with Gasteiger partial charge in [-0.15, -0.1) is 0 Å². The van der Waals surface area contributed by atoms with Crippen LogP contribution < -0.4 is 0 Å². The number of hydrogen-bond donors (Lipinski definition) is 0. The van der Waals surface area contributed by atoms with Gasteiger partial charge in [0.1, 0.15) is 0 Å². The highest BCUT2D eigenvalue weighted by Crippen LogP contribution is 2.48. The third kappa shape index (κ3) is 3.26. The number of amides is 1. The molecule has 1 saturated carbocycles. The molecule has 6 heteroatoms. The van der Waals surface area contributed by atoms with E-state index in [1.165, 1.54) is 16.8 Å². The summed E-state index contributed by atoms with van der Waals surface area (Å²) in [6.45, 7) is 8.65. The lowest BCUT2D eigenvalue weighted by Gasteiger charge is -2.35. The smallest absolute Gasteiger partial charge is 0.226 e. The number of rotatable bonds is 4. The van der Waals surface area contributed by atoms with Crippen molar-refractivity contribution in [1.82, 2.24) is 24.6 Å². The molecule has 0 N–H and O–H groups in total. The van der Waals surface area contributed by atoms with Crippen LogP contribution in [0.5, 0.6) is 0 Å². The Bertz CT molecular complexity index is 792. The van der Waals surface area contributed by atoms with E-state index in [1.807, 2.05) is 24.0 Å². The second kappa shape index (κ2) is 6.83. The van der Waals surface area contributed by atoms with Crippen molar-refractivity contribution in [2.75, 3.05) is 26.2 Å². The fourth-order valence-corrected chi connectivity index (χ4v) is 4.06. The van der Waals surface area contributed by atoms with E-state index in [0.717, 1.165) is 44.8 Å². The summed E-state index contributed by atoms with van der Waals surface area (Å²) in [5, 5.41) is 4.51. The number of aryl methyl sites for hydroxylation is 2. The first-order valence-electron chi connectivity index (χ1n) is 9.44. The molecule has 2 fully saturated rings. The van der Waals surface area contributed by atoms with E-state index in [1.54, 1.807) is 6.20 Å². The molecule has 2 aromatic rings. The van der Waals surface area contributed by atoms with Crippen molar-refractivity contribution < 1.29 is 4.79 Å². The molecule has 138 valence electrons. The molecule has 6 nitrogen and oxygen atoms in total. The average molecular weight is 353 g/mol. The van der Waals surface area contributed by atoms with Crippen molar-refractivity contribution in [2.45, 2.75) is 32.7 Å². The highest BCUT2D eigenvalue weighted by molar-refractivity contribution is 5.83. The van der Waals surface area contributed by atoms with Crippen LogP contribution in [0.15, 0.2) is 24.5 Å². The van der Waals surface area contributed by atoms with Crippen LogP contribution >= 0.6 is 0 Å². The second-order valence-electron chi connectivity index (χ2n) is 7.61. The lowest BCUT2D eigenvalue weighted by molar-refractivity contribution is -0.134. The third-order valence-corrected chi connectivity index (χ3v) is 5.94. The number of hydrogen-bond acceptors (Lipinski definition) is 4. The van der Waals surface area contributed by atoms with Gasteiger partial charge in [-0.3, -0.25) is 19.4 Å². The summed E-state index contributed by atoms with van der Waals surface area (Å²) in [4.78, 5) is 21.5. The monoisotopic (exact) mass is 353 g/mol. The van der Waals surface area contributed by atoms with Crippen LogP contribution in [-0.2, 0) is 18.4 Å². The van der Waals surface area contributed by atoms with Crippen molar-refractivity contribution in [3.63, 3.8) is 0 Å². The first kappa shape index (κ1) is 17.2. The van der Waals surface area contributed by atoms with Gasteiger partial charge in [0.25, 0.3) is 0 Å². The van der Waals surface area contributed by atoms with Crippen LogP contribution in [0.4, 0.5) is 0 Å². The van der Waals surface area contributed by atoms with Crippen LogP contribution in [0, 0.1) is 19.8 Å².